The number of carboxylic acid groups (broad SMARTS) is 1. The molecule has 4 heteroatoms. The minimum absolute atomic E-state index is 0.182. The van der Waals surface area contributed by atoms with Crippen molar-refractivity contribution in [3.8, 4) is 0 Å². The molecule has 1 aromatic heterocycles. The average Bonchev–Trinajstić information content (AvgIpc) is 2.28. The zero-order chi connectivity index (χ0) is 13.2. The fraction of sp³-hybridized carbons (Fsp3) is 0.571. The molecule has 4 nitrogen and oxygen atoms in total. The zero-order valence-electron chi connectivity index (χ0n) is 11.0. The number of pyridine rings is 1. The van der Waals surface area contributed by atoms with E-state index >= 15 is 0 Å². The summed E-state index contributed by atoms with van der Waals surface area (Å²) in [6, 6.07) is 5.90. The minimum Gasteiger partial charge on any atom is -0.481 e. The summed E-state index contributed by atoms with van der Waals surface area (Å²) in [5.74, 6) is -0.907. The quantitative estimate of drug-likeness (QED) is 0.889. The SMILES string of the molecule is CC1(C)CN(Cc2ccccn2)CCC1C(=O)O. The molecule has 0 amide bonds. The molecule has 98 valence electrons. The standard InChI is InChI=1S/C14H20N2O2/c1-14(2)10-16(8-6-12(14)13(17)18)9-11-5-3-4-7-15-11/h3-5,7,12H,6,8-10H2,1-2H3,(H,17,18). The largest absolute Gasteiger partial charge is 0.481 e. The molecule has 1 fully saturated rings. The van der Waals surface area contributed by atoms with Crippen LogP contribution in [0.2, 0.25) is 0 Å². The highest BCUT2D eigenvalue weighted by atomic mass is 16.4. The number of nitrogens with zero attached hydrogens (tertiary/aromatic N) is 2. The van der Waals surface area contributed by atoms with Crippen LogP contribution in [0, 0.1) is 11.3 Å². The van der Waals surface area contributed by atoms with Gasteiger partial charge in [0.1, 0.15) is 0 Å². The van der Waals surface area contributed by atoms with Gasteiger partial charge in [0.2, 0.25) is 0 Å². The normalized spacial score (nSPS) is 23.8. The second-order valence-corrected chi connectivity index (χ2v) is 5.70. The average molecular weight is 248 g/mol. The molecule has 1 saturated heterocycles. The number of likely N-dealkylation sites (tertiary alicyclic amines) is 1. The highest BCUT2D eigenvalue weighted by molar-refractivity contribution is 5.71. The monoisotopic (exact) mass is 248 g/mol. The summed E-state index contributed by atoms with van der Waals surface area (Å²) in [6.07, 6.45) is 2.51. The van der Waals surface area contributed by atoms with Crippen LogP contribution in [0.5, 0.6) is 0 Å². The van der Waals surface area contributed by atoms with Crippen molar-refractivity contribution in [3.05, 3.63) is 30.1 Å². The van der Waals surface area contributed by atoms with E-state index in [1.165, 1.54) is 0 Å². The molecular formula is C14H20N2O2. The number of rotatable bonds is 3. The molecule has 0 bridgehead atoms. The summed E-state index contributed by atoms with van der Waals surface area (Å²) in [5.41, 5.74) is 0.862. The molecule has 0 aromatic carbocycles. The highest BCUT2D eigenvalue weighted by Gasteiger charge is 2.40. The van der Waals surface area contributed by atoms with Crippen LogP contribution in [0.25, 0.3) is 0 Å². The lowest BCUT2D eigenvalue weighted by Gasteiger charge is -2.42. The first kappa shape index (κ1) is 13.0. The topological polar surface area (TPSA) is 53.4 Å². The lowest BCUT2D eigenvalue weighted by atomic mass is 9.74. The Morgan fingerprint density at radius 2 is 2.33 bits per heavy atom. The van der Waals surface area contributed by atoms with Crippen LogP contribution in [-0.2, 0) is 11.3 Å². The highest BCUT2D eigenvalue weighted by Crippen LogP contribution is 2.35. The fourth-order valence-corrected chi connectivity index (χ4v) is 2.78. The van der Waals surface area contributed by atoms with E-state index in [-0.39, 0.29) is 11.3 Å². The molecule has 0 radical (unpaired) electrons. The second-order valence-electron chi connectivity index (χ2n) is 5.70. The molecule has 0 spiro atoms. The van der Waals surface area contributed by atoms with Crippen molar-refractivity contribution in [1.82, 2.24) is 9.88 Å². The maximum atomic E-state index is 11.2. The van der Waals surface area contributed by atoms with E-state index in [1.807, 2.05) is 32.0 Å². The number of carbonyl (C=O) groups is 1. The second kappa shape index (κ2) is 5.06. The van der Waals surface area contributed by atoms with Crippen molar-refractivity contribution >= 4 is 5.97 Å². The number of hydrogen-bond donors (Lipinski definition) is 1. The van der Waals surface area contributed by atoms with Crippen LogP contribution in [-0.4, -0.2) is 34.0 Å². The Bertz CT molecular complexity index is 417. The van der Waals surface area contributed by atoms with Crippen LogP contribution in [0.3, 0.4) is 0 Å². The molecule has 2 rings (SSSR count). The van der Waals surface area contributed by atoms with Gasteiger partial charge in [0, 0.05) is 19.3 Å². The molecule has 1 unspecified atom stereocenters. The number of aromatic nitrogens is 1. The Hall–Kier alpha value is -1.42. The van der Waals surface area contributed by atoms with E-state index in [1.54, 1.807) is 6.20 Å². The molecule has 18 heavy (non-hydrogen) atoms. The maximum Gasteiger partial charge on any atom is 0.307 e. The number of piperidine rings is 1. The molecule has 1 aliphatic heterocycles. The van der Waals surface area contributed by atoms with E-state index in [0.29, 0.717) is 0 Å². The Morgan fingerprint density at radius 3 is 2.89 bits per heavy atom. The van der Waals surface area contributed by atoms with E-state index in [4.69, 9.17) is 0 Å². The Labute approximate surface area is 108 Å². The first-order valence-corrected chi connectivity index (χ1v) is 6.34. The summed E-state index contributed by atoms with van der Waals surface area (Å²) < 4.78 is 0. The number of carboxylic acids is 1. The Morgan fingerprint density at radius 1 is 1.56 bits per heavy atom. The predicted octanol–water partition coefficient (Wildman–Crippen LogP) is 2.01. The minimum atomic E-state index is -0.669. The van der Waals surface area contributed by atoms with Crippen molar-refractivity contribution in [2.24, 2.45) is 11.3 Å². The van der Waals surface area contributed by atoms with Gasteiger partial charge in [0.25, 0.3) is 0 Å². The lowest BCUT2D eigenvalue weighted by molar-refractivity contribution is -0.149. The first-order chi connectivity index (χ1) is 8.49. The van der Waals surface area contributed by atoms with Gasteiger partial charge in [-0.3, -0.25) is 14.7 Å². The van der Waals surface area contributed by atoms with Crippen LogP contribution >= 0.6 is 0 Å². The van der Waals surface area contributed by atoms with E-state index < -0.39 is 5.97 Å². The van der Waals surface area contributed by atoms with Crippen molar-refractivity contribution in [2.75, 3.05) is 13.1 Å². The Kier molecular flexibility index (Phi) is 3.66. The van der Waals surface area contributed by atoms with Crippen LogP contribution in [0.15, 0.2) is 24.4 Å². The Balaban J connectivity index is 2.01. The molecule has 0 aliphatic carbocycles. The number of hydrogen-bond acceptors (Lipinski definition) is 3. The van der Waals surface area contributed by atoms with Gasteiger partial charge in [-0.15, -0.1) is 0 Å². The smallest absolute Gasteiger partial charge is 0.307 e. The predicted molar refractivity (Wildman–Crippen MR) is 69.0 cm³/mol. The van der Waals surface area contributed by atoms with Gasteiger partial charge in [0.05, 0.1) is 11.6 Å². The van der Waals surface area contributed by atoms with E-state index in [0.717, 1.165) is 31.7 Å². The molecular weight excluding hydrogens is 228 g/mol. The van der Waals surface area contributed by atoms with Gasteiger partial charge < -0.3 is 5.11 Å². The van der Waals surface area contributed by atoms with Crippen molar-refractivity contribution in [2.45, 2.75) is 26.8 Å². The maximum absolute atomic E-state index is 11.2. The van der Waals surface area contributed by atoms with Crippen molar-refractivity contribution < 1.29 is 9.90 Å². The fourth-order valence-electron chi connectivity index (χ4n) is 2.78. The molecule has 1 aromatic rings. The van der Waals surface area contributed by atoms with Gasteiger partial charge in [0.15, 0.2) is 0 Å². The molecule has 0 saturated carbocycles. The summed E-state index contributed by atoms with van der Waals surface area (Å²) in [7, 11) is 0. The van der Waals surface area contributed by atoms with Gasteiger partial charge in [-0.05, 0) is 30.5 Å². The van der Waals surface area contributed by atoms with Gasteiger partial charge in [-0.1, -0.05) is 19.9 Å². The molecule has 2 heterocycles. The van der Waals surface area contributed by atoms with Crippen LogP contribution < -0.4 is 0 Å². The van der Waals surface area contributed by atoms with Crippen LogP contribution in [0.4, 0.5) is 0 Å². The summed E-state index contributed by atoms with van der Waals surface area (Å²) in [4.78, 5) is 17.8. The third-order valence-corrected chi connectivity index (χ3v) is 3.72. The van der Waals surface area contributed by atoms with Gasteiger partial charge >= 0.3 is 5.97 Å². The van der Waals surface area contributed by atoms with Crippen LogP contribution in [0.1, 0.15) is 26.0 Å². The lowest BCUT2D eigenvalue weighted by Crippen LogP contribution is -2.48. The third kappa shape index (κ3) is 2.88. The molecule has 1 N–H and O–H groups in total. The van der Waals surface area contributed by atoms with Gasteiger partial charge in [-0.2, -0.15) is 0 Å². The summed E-state index contributed by atoms with van der Waals surface area (Å²) in [6.45, 7) is 6.51. The van der Waals surface area contributed by atoms with E-state index in [2.05, 4.69) is 9.88 Å². The molecule has 1 aliphatic rings. The summed E-state index contributed by atoms with van der Waals surface area (Å²) >= 11 is 0. The van der Waals surface area contributed by atoms with Gasteiger partial charge in [-0.25, -0.2) is 0 Å². The first-order valence-electron chi connectivity index (χ1n) is 6.34. The summed E-state index contributed by atoms with van der Waals surface area (Å²) in [5, 5.41) is 9.22. The zero-order valence-corrected chi connectivity index (χ0v) is 11.0. The number of aliphatic carboxylic acids is 1. The van der Waals surface area contributed by atoms with E-state index in [9.17, 15) is 9.90 Å². The third-order valence-electron chi connectivity index (χ3n) is 3.72. The van der Waals surface area contributed by atoms with Crippen molar-refractivity contribution in [1.29, 1.82) is 0 Å². The molecule has 1 atom stereocenters. The van der Waals surface area contributed by atoms with Crippen molar-refractivity contribution in [3.63, 3.8) is 0 Å².